The molecule has 0 aliphatic heterocycles. The van der Waals surface area contributed by atoms with Crippen molar-refractivity contribution < 1.29 is 0 Å². The lowest BCUT2D eigenvalue weighted by molar-refractivity contribution is 1.07. The van der Waals surface area contributed by atoms with E-state index in [9.17, 15) is 0 Å². The van der Waals surface area contributed by atoms with Gasteiger partial charge in [0.1, 0.15) is 11.5 Å². The maximum atomic E-state index is 4.44. The minimum Gasteiger partial charge on any atom is -0.372 e. The molecular weight excluding hydrogens is 428 g/mol. The standard InChI is InChI=1S/C11H9Br3N4/c1-5-8(14)10(15-2)18-11(17-5)9-7(13)3-6(12)4-16-9/h3-4H,1-2H3,(H,15,17,18). The normalized spacial score (nSPS) is 10.5. The van der Waals surface area contributed by atoms with Crippen LogP contribution in [0.3, 0.4) is 0 Å². The zero-order valence-corrected chi connectivity index (χ0v) is 14.4. The van der Waals surface area contributed by atoms with Gasteiger partial charge in [0, 0.05) is 22.2 Å². The number of rotatable bonds is 2. The van der Waals surface area contributed by atoms with Crippen LogP contribution in [0.2, 0.25) is 0 Å². The van der Waals surface area contributed by atoms with Crippen molar-refractivity contribution in [1.29, 1.82) is 0 Å². The Balaban J connectivity index is 2.60. The van der Waals surface area contributed by atoms with Gasteiger partial charge in [0.25, 0.3) is 0 Å². The fourth-order valence-corrected chi connectivity index (χ4v) is 2.95. The van der Waals surface area contributed by atoms with Gasteiger partial charge in [-0.1, -0.05) is 0 Å². The molecular formula is C11H9Br3N4. The fraction of sp³-hybridized carbons (Fsp3) is 0.182. The third kappa shape index (κ3) is 2.73. The summed E-state index contributed by atoms with van der Waals surface area (Å²) in [5.74, 6) is 1.33. The average Bonchev–Trinajstić information content (AvgIpc) is 2.32. The number of nitrogens with one attached hydrogen (secondary N) is 1. The molecule has 2 aromatic heterocycles. The Morgan fingerprint density at radius 2 is 1.89 bits per heavy atom. The molecule has 0 radical (unpaired) electrons. The summed E-state index contributed by atoms with van der Waals surface area (Å²) in [6.45, 7) is 1.92. The molecule has 2 heterocycles. The number of pyridine rings is 1. The molecule has 1 N–H and O–H groups in total. The predicted molar refractivity (Wildman–Crippen MR) is 82.6 cm³/mol. The van der Waals surface area contributed by atoms with E-state index in [1.165, 1.54) is 0 Å². The van der Waals surface area contributed by atoms with Gasteiger partial charge in [0.2, 0.25) is 0 Å². The number of aromatic nitrogens is 3. The molecule has 0 saturated carbocycles. The molecule has 2 aromatic rings. The van der Waals surface area contributed by atoms with Crippen molar-refractivity contribution in [1.82, 2.24) is 15.0 Å². The SMILES string of the molecule is CNc1nc(-c2ncc(Br)cc2Br)nc(C)c1Br. The van der Waals surface area contributed by atoms with E-state index in [0.717, 1.165) is 24.9 Å². The Labute approximate surface area is 130 Å². The molecule has 0 fully saturated rings. The van der Waals surface area contributed by atoms with Crippen molar-refractivity contribution in [3.05, 3.63) is 31.4 Å². The lowest BCUT2D eigenvalue weighted by Crippen LogP contribution is -2.02. The summed E-state index contributed by atoms with van der Waals surface area (Å²) in [6, 6.07) is 1.92. The molecule has 0 aromatic carbocycles. The van der Waals surface area contributed by atoms with Gasteiger partial charge < -0.3 is 5.32 Å². The molecule has 0 saturated heterocycles. The second-order valence-corrected chi connectivity index (χ2v) is 6.09. The van der Waals surface area contributed by atoms with Crippen molar-refractivity contribution in [2.24, 2.45) is 0 Å². The van der Waals surface area contributed by atoms with Crippen LogP contribution in [0, 0.1) is 6.92 Å². The Hall–Kier alpha value is -0.530. The monoisotopic (exact) mass is 434 g/mol. The quantitative estimate of drug-likeness (QED) is 0.767. The second kappa shape index (κ2) is 5.63. The summed E-state index contributed by atoms with van der Waals surface area (Å²) in [4.78, 5) is 13.2. The van der Waals surface area contributed by atoms with E-state index in [0.29, 0.717) is 11.5 Å². The summed E-state index contributed by atoms with van der Waals surface area (Å²) < 4.78 is 2.61. The van der Waals surface area contributed by atoms with Crippen molar-refractivity contribution in [3.8, 4) is 11.5 Å². The molecule has 0 atom stereocenters. The number of hydrogen-bond donors (Lipinski definition) is 1. The maximum Gasteiger partial charge on any atom is 0.181 e. The van der Waals surface area contributed by atoms with E-state index in [1.807, 2.05) is 20.0 Å². The molecule has 18 heavy (non-hydrogen) atoms. The van der Waals surface area contributed by atoms with Crippen molar-refractivity contribution in [3.63, 3.8) is 0 Å². The van der Waals surface area contributed by atoms with E-state index in [-0.39, 0.29) is 0 Å². The molecule has 0 amide bonds. The van der Waals surface area contributed by atoms with E-state index in [2.05, 4.69) is 68.1 Å². The van der Waals surface area contributed by atoms with Crippen LogP contribution >= 0.6 is 47.8 Å². The largest absolute Gasteiger partial charge is 0.372 e. The second-order valence-electron chi connectivity index (χ2n) is 3.53. The first-order valence-corrected chi connectivity index (χ1v) is 7.44. The fourth-order valence-electron chi connectivity index (χ4n) is 1.41. The zero-order valence-electron chi connectivity index (χ0n) is 9.63. The highest BCUT2D eigenvalue weighted by atomic mass is 79.9. The molecule has 0 spiro atoms. The first-order valence-electron chi connectivity index (χ1n) is 5.06. The van der Waals surface area contributed by atoms with Crippen LogP contribution in [-0.4, -0.2) is 22.0 Å². The molecule has 0 aliphatic rings. The number of aryl methyl sites for hydroxylation is 1. The van der Waals surface area contributed by atoms with Gasteiger partial charge in [0.05, 0.1) is 10.2 Å². The summed E-state index contributed by atoms with van der Waals surface area (Å²) >= 11 is 10.3. The number of nitrogens with zero attached hydrogens (tertiary/aromatic N) is 3. The van der Waals surface area contributed by atoms with Crippen molar-refractivity contribution in [2.45, 2.75) is 6.92 Å². The Bertz CT molecular complexity index is 601. The Morgan fingerprint density at radius 3 is 2.50 bits per heavy atom. The van der Waals surface area contributed by atoms with Crippen LogP contribution < -0.4 is 5.32 Å². The van der Waals surface area contributed by atoms with Gasteiger partial charge >= 0.3 is 0 Å². The molecule has 2 rings (SSSR count). The first-order chi connectivity index (χ1) is 8.52. The summed E-state index contributed by atoms with van der Waals surface area (Å²) in [5.41, 5.74) is 1.58. The molecule has 0 aliphatic carbocycles. The third-order valence-electron chi connectivity index (χ3n) is 2.27. The highest BCUT2D eigenvalue weighted by molar-refractivity contribution is 9.11. The summed E-state index contributed by atoms with van der Waals surface area (Å²) in [7, 11) is 1.82. The maximum absolute atomic E-state index is 4.44. The Kier molecular flexibility index (Phi) is 4.34. The topological polar surface area (TPSA) is 50.7 Å². The van der Waals surface area contributed by atoms with Crippen LogP contribution in [0.5, 0.6) is 0 Å². The highest BCUT2D eigenvalue weighted by Gasteiger charge is 2.13. The van der Waals surface area contributed by atoms with Gasteiger partial charge in [-0.15, -0.1) is 0 Å². The van der Waals surface area contributed by atoms with Crippen LogP contribution in [0.25, 0.3) is 11.5 Å². The average molecular weight is 437 g/mol. The van der Waals surface area contributed by atoms with E-state index < -0.39 is 0 Å². The van der Waals surface area contributed by atoms with Crippen LogP contribution in [0.4, 0.5) is 5.82 Å². The van der Waals surface area contributed by atoms with E-state index >= 15 is 0 Å². The van der Waals surface area contributed by atoms with Crippen molar-refractivity contribution in [2.75, 3.05) is 12.4 Å². The van der Waals surface area contributed by atoms with Gasteiger partial charge in [-0.05, 0) is 60.8 Å². The lowest BCUT2D eigenvalue weighted by atomic mass is 10.3. The summed E-state index contributed by atoms with van der Waals surface area (Å²) in [6.07, 6.45) is 1.72. The molecule has 94 valence electrons. The molecule has 0 bridgehead atoms. The van der Waals surface area contributed by atoms with E-state index in [1.54, 1.807) is 6.20 Å². The first kappa shape index (κ1) is 13.9. The van der Waals surface area contributed by atoms with Gasteiger partial charge in [-0.2, -0.15) is 0 Å². The molecule has 4 nitrogen and oxygen atoms in total. The number of anilines is 1. The van der Waals surface area contributed by atoms with Crippen molar-refractivity contribution >= 4 is 53.6 Å². The van der Waals surface area contributed by atoms with Gasteiger partial charge in [-0.25, -0.2) is 9.97 Å². The minimum atomic E-state index is 0.583. The smallest absolute Gasteiger partial charge is 0.181 e. The third-order valence-corrected chi connectivity index (χ3v) is 4.26. The molecule has 0 unspecified atom stereocenters. The van der Waals surface area contributed by atoms with Crippen LogP contribution in [0.15, 0.2) is 25.7 Å². The predicted octanol–water partition coefficient (Wildman–Crippen LogP) is 4.18. The minimum absolute atomic E-state index is 0.583. The van der Waals surface area contributed by atoms with Crippen LogP contribution in [0.1, 0.15) is 5.69 Å². The lowest BCUT2D eigenvalue weighted by Gasteiger charge is -2.09. The van der Waals surface area contributed by atoms with Gasteiger partial charge in [0.15, 0.2) is 5.82 Å². The van der Waals surface area contributed by atoms with E-state index in [4.69, 9.17) is 0 Å². The highest BCUT2D eigenvalue weighted by Crippen LogP contribution is 2.30. The number of hydrogen-bond acceptors (Lipinski definition) is 4. The number of halogens is 3. The van der Waals surface area contributed by atoms with Gasteiger partial charge in [-0.3, -0.25) is 4.98 Å². The summed E-state index contributed by atoms with van der Waals surface area (Å²) in [5, 5.41) is 3.03. The molecule has 7 heteroatoms. The Morgan fingerprint density at radius 1 is 1.17 bits per heavy atom. The zero-order chi connectivity index (χ0) is 13.3. The van der Waals surface area contributed by atoms with Crippen LogP contribution in [-0.2, 0) is 0 Å².